The molecule has 0 aliphatic carbocycles. The van der Waals surface area contributed by atoms with E-state index in [0.717, 1.165) is 24.2 Å². The molecule has 1 atom stereocenters. The maximum atomic E-state index is 12.9. The Hall–Kier alpha value is -1.15. The molecule has 0 spiro atoms. The highest BCUT2D eigenvalue weighted by molar-refractivity contribution is 7.86. The van der Waals surface area contributed by atoms with E-state index in [1.54, 1.807) is 15.7 Å². The van der Waals surface area contributed by atoms with Crippen LogP contribution in [0.3, 0.4) is 0 Å². The first-order chi connectivity index (χ1) is 11.1. The Morgan fingerprint density at radius 3 is 2.70 bits per heavy atom. The van der Waals surface area contributed by atoms with Crippen molar-refractivity contribution < 1.29 is 17.9 Å². The van der Waals surface area contributed by atoms with Crippen LogP contribution >= 0.6 is 0 Å². The first kappa shape index (κ1) is 16.7. The lowest BCUT2D eigenvalue weighted by Crippen LogP contribution is -2.50. The third-order valence-electron chi connectivity index (χ3n) is 4.56. The fourth-order valence-electron chi connectivity index (χ4n) is 3.37. The Labute approximate surface area is 138 Å². The zero-order valence-electron chi connectivity index (χ0n) is 13.5. The van der Waals surface area contributed by atoms with E-state index in [9.17, 15) is 8.42 Å². The Bertz CT molecular complexity index is 629. The normalized spacial score (nSPS) is 24.0. The Kier molecular flexibility index (Phi) is 5.21. The summed E-state index contributed by atoms with van der Waals surface area (Å²) in [5.74, 6) is 0.822. The van der Waals surface area contributed by atoms with Crippen molar-refractivity contribution in [3.8, 4) is 5.75 Å². The van der Waals surface area contributed by atoms with E-state index < -0.39 is 10.2 Å². The monoisotopic (exact) mass is 340 g/mol. The van der Waals surface area contributed by atoms with Gasteiger partial charge in [0, 0.05) is 25.7 Å². The van der Waals surface area contributed by atoms with Gasteiger partial charge < -0.3 is 9.47 Å². The summed E-state index contributed by atoms with van der Waals surface area (Å²) in [7, 11) is -1.76. The fraction of sp³-hybridized carbons (Fsp3) is 0.625. The molecule has 2 saturated heterocycles. The van der Waals surface area contributed by atoms with Crippen LogP contribution in [0.2, 0.25) is 0 Å². The number of hydrogen-bond acceptors (Lipinski definition) is 4. The van der Waals surface area contributed by atoms with Gasteiger partial charge in [0.2, 0.25) is 0 Å². The van der Waals surface area contributed by atoms with Gasteiger partial charge in [-0.1, -0.05) is 18.2 Å². The fourth-order valence-corrected chi connectivity index (χ4v) is 5.19. The SMILES string of the molecule is COc1ccccc1C[C@H]1CCCN1S(=O)(=O)N1CCOCC1. The van der Waals surface area contributed by atoms with Gasteiger partial charge in [-0.15, -0.1) is 0 Å². The van der Waals surface area contributed by atoms with Crippen LogP contribution in [0.25, 0.3) is 0 Å². The number of para-hydroxylation sites is 1. The number of morpholine rings is 1. The Balaban J connectivity index is 1.77. The summed E-state index contributed by atoms with van der Waals surface area (Å²) < 4.78 is 39.7. The van der Waals surface area contributed by atoms with Crippen molar-refractivity contribution in [2.45, 2.75) is 25.3 Å². The van der Waals surface area contributed by atoms with E-state index in [-0.39, 0.29) is 6.04 Å². The topological polar surface area (TPSA) is 59.1 Å². The second kappa shape index (κ2) is 7.17. The van der Waals surface area contributed by atoms with E-state index in [0.29, 0.717) is 39.3 Å². The van der Waals surface area contributed by atoms with Crippen molar-refractivity contribution in [1.29, 1.82) is 0 Å². The van der Waals surface area contributed by atoms with Gasteiger partial charge in [-0.05, 0) is 30.9 Å². The number of rotatable bonds is 5. The average Bonchev–Trinajstić information content (AvgIpc) is 3.05. The molecule has 128 valence electrons. The number of methoxy groups -OCH3 is 1. The zero-order chi connectivity index (χ0) is 16.3. The maximum absolute atomic E-state index is 12.9. The van der Waals surface area contributed by atoms with Crippen LogP contribution in [0, 0.1) is 0 Å². The first-order valence-electron chi connectivity index (χ1n) is 8.09. The molecule has 3 rings (SSSR count). The second-order valence-electron chi connectivity index (χ2n) is 5.94. The van der Waals surface area contributed by atoms with Crippen LogP contribution in [0.1, 0.15) is 18.4 Å². The van der Waals surface area contributed by atoms with Crippen molar-refractivity contribution in [3.63, 3.8) is 0 Å². The molecule has 2 fully saturated rings. The number of ether oxygens (including phenoxy) is 2. The molecular formula is C16H24N2O4S. The smallest absolute Gasteiger partial charge is 0.282 e. The first-order valence-corrected chi connectivity index (χ1v) is 9.49. The quantitative estimate of drug-likeness (QED) is 0.810. The van der Waals surface area contributed by atoms with E-state index in [4.69, 9.17) is 9.47 Å². The third-order valence-corrected chi connectivity index (χ3v) is 6.66. The van der Waals surface area contributed by atoms with E-state index >= 15 is 0 Å². The summed E-state index contributed by atoms with van der Waals surface area (Å²) in [4.78, 5) is 0. The molecule has 0 radical (unpaired) electrons. The molecule has 23 heavy (non-hydrogen) atoms. The van der Waals surface area contributed by atoms with Gasteiger partial charge in [-0.2, -0.15) is 17.0 Å². The van der Waals surface area contributed by atoms with Crippen molar-refractivity contribution in [3.05, 3.63) is 29.8 Å². The van der Waals surface area contributed by atoms with Crippen LogP contribution in [0.15, 0.2) is 24.3 Å². The minimum Gasteiger partial charge on any atom is -0.496 e. The van der Waals surface area contributed by atoms with E-state index in [1.165, 1.54) is 0 Å². The van der Waals surface area contributed by atoms with Gasteiger partial charge >= 0.3 is 0 Å². The molecular weight excluding hydrogens is 316 g/mol. The highest BCUT2D eigenvalue weighted by Crippen LogP contribution is 2.29. The summed E-state index contributed by atoms with van der Waals surface area (Å²) in [5.41, 5.74) is 1.06. The maximum Gasteiger partial charge on any atom is 0.282 e. The summed E-state index contributed by atoms with van der Waals surface area (Å²) >= 11 is 0. The lowest BCUT2D eigenvalue weighted by atomic mass is 10.0. The molecule has 1 aromatic carbocycles. The lowest BCUT2D eigenvalue weighted by Gasteiger charge is -2.33. The van der Waals surface area contributed by atoms with E-state index in [1.807, 2.05) is 24.3 Å². The van der Waals surface area contributed by atoms with Crippen LogP contribution < -0.4 is 4.74 Å². The van der Waals surface area contributed by atoms with Gasteiger partial charge in [-0.3, -0.25) is 0 Å². The van der Waals surface area contributed by atoms with Gasteiger partial charge in [-0.25, -0.2) is 0 Å². The third kappa shape index (κ3) is 3.52. The van der Waals surface area contributed by atoms with Crippen LogP contribution in [-0.4, -0.2) is 63.0 Å². The molecule has 0 amide bonds. The largest absolute Gasteiger partial charge is 0.496 e. The van der Waals surface area contributed by atoms with Crippen LogP contribution in [0.5, 0.6) is 5.75 Å². The highest BCUT2D eigenvalue weighted by Gasteiger charge is 2.38. The summed E-state index contributed by atoms with van der Waals surface area (Å²) in [6, 6.07) is 7.83. The predicted octanol–water partition coefficient (Wildman–Crippen LogP) is 1.28. The standard InChI is InChI=1S/C16H24N2O4S/c1-21-16-7-3-2-5-14(16)13-15-6-4-8-18(15)23(19,20)17-9-11-22-12-10-17/h2-3,5,7,15H,4,6,8-13H2,1H3/t15-/m1/s1. The van der Waals surface area contributed by atoms with Crippen molar-refractivity contribution in [1.82, 2.24) is 8.61 Å². The number of benzene rings is 1. The molecule has 7 heteroatoms. The van der Waals surface area contributed by atoms with Gasteiger partial charge in [0.1, 0.15) is 5.75 Å². The molecule has 2 aliphatic rings. The van der Waals surface area contributed by atoms with Crippen molar-refractivity contribution in [2.24, 2.45) is 0 Å². The Morgan fingerprint density at radius 2 is 1.96 bits per heavy atom. The molecule has 0 aromatic heterocycles. The summed E-state index contributed by atoms with van der Waals surface area (Å²) in [5, 5.41) is 0. The highest BCUT2D eigenvalue weighted by atomic mass is 32.2. The molecule has 0 saturated carbocycles. The number of hydrogen-bond donors (Lipinski definition) is 0. The molecule has 2 heterocycles. The zero-order valence-corrected chi connectivity index (χ0v) is 14.3. The molecule has 2 aliphatic heterocycles. The summed E-state index contributed by atoms with van der Waals surface area (Å²) in [6.45, 7) is 2.44. The van der Waals surface area contributed by atoms with Crippen molar-refractivity contribution in [2.75, 3.05) is 40.0 Å². The summed E-state index contributed by atoms with van der Waals surface area (Å²) in [6.07, 6.45) is 2.48. The molecule has 1 aromatic rings. The minimum absolute atomic E-state index is 0.000792. The molecule has 6 nitrogen and oxygen atoms in total. The molecule has 0 N–H and O–H groups in total. The molecule has 0 unspecified atom stereocenters. The molecule has 0 bridgehead atoms. The van der Waals surface area contributed by atoms with E-state index in [2.05, 4.69) is 0 Å². The van der Waals surface area contributed by atoms with Gasteiger partial charge in [0.25, 0.3) is 10.2 Å². The van der Waals surface area contributed by atoms with Crippen molar-refractivity contribution >= 4 is 10.2 Å². The second-order valence-corrected chi connectivity index (χ2v) is 7.82. The van der Waals surface area contributed by atoms with Crippen LogP contribution in [-0.2, 0) is 21.4 Å². The van der Waals surface area contributed by atoms with Gasteiger partial charge in [0.05, 0.1) is 20.3 Å². The van der Waals surface area contributed by atoms with Gasteiger partial charge in [0.15, 0.2) is 0 Å². The minimum atomic E-state index is -3.40. The number of nitrogens with zero attached hydrogens (tertiary/aromatic N) is 2. The average molecular weight is 340 g/mol. The van der Waals surface area contributed by atoms with Crippen LogP contribution in [0.4, 0.5) is 0 Å². The predicted molar refractivity (Wildman–Crippen MR) is 87.7 cm³/mol. The Morgan fingerprint density at radius 1 is 1.22 bits per heavy atom. The lowest BCUT2D eigenvalue weighted by molar-refractivity contribution is 0.0699.